The van der Waals surface area contributed by atoms with Gasteiger partial charge in [0.05, 0.1) is 0 Å². The summed E-state index contributed by atoms with van der Waals surface area (Å²) in [6, 6.07) is 0. The van der Waals surface area contributed by atoms with Gasteiger partial charge in [0.1, 0.15) is 13.2 Å². The van der Waals surface area contributed by atoms with Crippen LogP contribution >= 0.6 is 0 Å². The predicted molar refractivity (Wildman–Crippen MR) is 243 cm³/mol. The van der Waals surface area contributed by atoms with Crippen LogP contribution < -0.4 is 0 Å². The van der Waals surface area contributed by atoms with Crippen LogP contribution in [0.3, 0.4) is 0 Å². The van der Waals surface area contributed by atoms with Crippen molar-refractivity contribution < 1.29 is 28.6 Å². The van der Waals surface area contributed by atoms with Crippen LogP contribution in [0.4, 0.5) is 0 Å². The van der Waals surface area contributed by atoms with E-state index in [0.29, 0.717) is 19.3 Å². The fourth-order valence-corrected chi connectivity index (χ4v) is 7.64. The van der Waals surface area contributed by atoms with E-state index < -0.39 is 6.10 Å². The van der Waals surface area contributed by atoms with Crippen molar-refractivity contribution in [1.82, 2.24) is 0 Å². The predicted octanol–water partition coefficient (Wildman–Crippen LogP) is 16.1. The Morgan fingerprint density at radius 3 is 0.860 bits per heavy atom. The number of ether oxygens (including phenoxy) is 3. The van der Waals surface area contributed by atoms with Gasteiger partial charge in [-0.1, -0.05) is 240 Å². The lowest BCUT2D eigenvalue weighted by atomic mass is 10.0. The molecule has 0 fully saturated rings. The first kappa shape index (κ1) is 55.4. The maximum Gasteiger partial charge on any atom is 0.306 e. The summed E-state index contributed by atoms with van der Waals surface area (Å²) in [5, 5.41) is 0. The van der Waals surface area contributed by atoms with Gasteiger partial charge in [-0.05, 0) is 31.1 Å². The van der Waals surface area contributed by atoms with E-state index in [0.717, 1.165) is 69.6 Å². The maximum absolute atomic E-state index is 12.7. The maximum atomic E-state index is 12.7. The zero-order valence-corrected chi connectivity index (χ0v) is 39.0. The third-order valence-electron chi connectivity index (χ3n) is 11.5. The lowest BCUT2D eigenvalue weighted by Crippen LogP contribution is -2.30. The molecule has 338 valence electrons. The molecular formula is C51H98O6. The Hall–Kier alpha value is -1.59. The molecule has 6 heteroatoms. The highest BCUT2D eigenvalue weighted by Gasteiger charge is 2.19. The Balaban J connectivity index is 4.21. The molecule has 57 heavy (non-hydrogen) atoms. The molecule has 0 saturated heterocycles. The van der Waals surface area contributed by atoms with E-state index in [9.17, 15) is 14.4 Å². The second-order valence-electron chi connectivity index (χ2n) is 18.4. The van der Waals surface area contributed by atoms with Gasteiger partial charge in [-0.2, -0.15) is 0 Å². The van der Waals surface area contributed by atoms with E-state index in [4.69, 9.17) is 14.2 Å². The zero-order valence-electron chi connectivity index (χ0n) is 39.0. The first-order valence-corrected chi connectivity index (χ1v) is 25.2. The first-order chi connectivity index (χ1) is 27.7. The summed E-state index contributed by atoms with van der Waals surface area (Å²) >= 11 is 0. The van der Waals surface area contributed by atoms with Gasteiger partial charge in [0.25, 0.3) is 0 Å². The van der Waals surface area contributed by atoms with E-state index in [1.54, 1.807) is 0 Å². The number of esters is 3. The molecule has 1 atom stereocenters. The van der Waals surface area contributed by atoms with Gasteiger partial charge >= 0.3 is 17.9 Å². The molecule has 0 saturated carbocycles. The smallest absolute Gasteiger partial charge is 0.306 e. The quantitative estimate of drug-likeness (QED) is 0.0346. The molecule has 0 unspecified atom stereocenters. The highest BCUT2D eigenvalue weighted by molar-refractivity contribution is 5.71. The molecule has 0 spiro atoms. The number of rotatable bonds is 45. The fraction of sp³-hybridized carbons (Fsp3) is 0.941. The monoisotopic (exact) mass is 807 g/mol. The first-order valence-electron chi connectivity index (χ1n) is 25.2. The van der Waals surface area contributed by atoms with Crippen LogP contribution in [0.25, 0.3) is 0 Å². The third-order valence-corrected chi connectivity index (χ3v) is 11.5. The van der Waals surface area contributed by atoms with Crippen molar-refractivity contribution in [2.24, 2.45) is 11.8 Å². The lowest BCUT2D eigenvalue weighted by molar-refractivity contribution is -0.167. The van der Waals surface area contributed by atoms with Gasteiger partial charge < -0.3 is 14.2 Å². The molecule has 0 aliphatic heterocycles. The van der Waals surface area contributed by atoms with Gasteiger partial charge in [0.2, 0.25) is 0 Å². The van der Waals surface area contributed by atoms with Crippen LogP contribution in [0, 0.1) is 11.8 Å². The minimum Gasteiger partial charge on any atom is -0.462 e. The van der Waals surface area contributed by atoms with Crippen molar-refractivity contribution in [2.75, 3.05) is 13.2 Å². The minimum absolute atomic E-state index is 0.0646. The molecule has 0 aromatic rings. The number of unbranched alkanes of at least 4 members (excludes halogenated alkanes) is 30. The van der Waals surface area contributed by atoms with E-state index in [1.807, 2.05) is 0 Å². The van der Waals surface area contributed by atoms with Crippen molar-refractivity contribution in [3.8, 4) is 0 Å². The van der Waals surface area contributed by atoms with Crippen LogP contribution in [0.1, 0.15) is 279 Å². The Morgan fingerprint density at radius 1 is 0.333 bits per heavy atom. The summed E-state index contributed by atoms with van der Waals surface area (Å²) < 4.78 is 16.7. The van der Waals surface area contributed by atoms with Crippen molar-refractivity contribution in [3.63, 3.8) is 0 Å². The topological polar surface area (TPSA) is 78.9 Å². The van der Waals surface area contributed by atoms with Crippen LogP contribution in [0.5, 0.6) is 0 Å². The van der Waals surface area contributed by atoms with Gasteiger partial charge in [0, 0.05) is 19.3 Å². The zero-order chi connectivity index (χ0) is 41.9. The number of hydrogen-bond donors (Lipinski definition) is 0. The Bertz CT molecular complexity index is 870. The SMILES string of the molecule is CCCCCCCCCCCCCC(=O)O[C@H](COC(=O)CCCCCCCCCCCCCCCCCCC(C)C)COC(=O)CCCCCCCCC(C)C. The fourth-order valence-electron chi connectivity index (χ4n) is 7.64. The molecule has 0 aliphatic rings. The summed E-state index contributed by atoms with van der Waals surface area (Å²) in [7, 11) is 0. The summed E-state index contributed by atoms with van der Waals surface area (Å²) in [5.74, 6) is 0.761. The lowest BCUT2D eigenvalue weighted by Gasteiger charge is -2.18. The molecular weight excluding hydrogens is 709 g/mol. The molecule has 0 bridgehead atoms. The normalized spacial score (nSPS) is 12.1. The van der Waals surface area contributed by atoms with Gasteiger partial charge in [-0.3, -0.25) is 14.4 Å². The second-order valence-corrected chi connectivity index (χ2v) is 18.4. The average Bonchev–Trinajstić information content (AvgIpc) is 3.18. The van der Waals surface area contributed by atoms with E-state index in [2.05, 4.69) is 34.6 Å². The number of carbonyl (C=O) groups excluding carboxylic acids is 3. The summed E-state index contributed by atoms with van der Waals surface area (Å²) in [6.07, 6.45) is 43.9. The molecule has 0 amide bonds. The van der Waals surface area contributed by atoms with Gasteiger partial charge in [-0.15, -0.1) is 0 Å². The van der Waals surface area contributed by atoms with E-state index in [1.165, 1.54) is 167 Å². The van der Waals surface area contributed by atoms with Gasteiger partial charge in [-0.25, -0.2) is 0 Å². The molecule has 0 aromatic heterocycles. The Kier molecular flexibility index (Phi) is 42.7. The summed E-state index contributed by atoms with van der Waals surface area (Å²) in [6.45, 7) is 11.3. The van der Waals surface area contributed by atoms with Crippen molar-refractivity contribution in [3.05, 3.63) is 0 Å². The minimum atomic E-state index is -0.761. The average molecular weight is 807 g/mol. The molecule has 0 radical (unpaired) electrons. The van der Waals surface area contributed by atoms with Crippen molar-refractivity contribution >= 4 is 17.9 Å². The molecule has 0 rings (SSSR count). The molecule has 0 N–H and O–H groups in total. The molecule has 0 aliphatic carbocycles. The Labute approximate surface area is 355 Å². The van der Waals surface area contributed by atoms with E-state index >= 15 is 0 Å². The van der Waals surface area contributed by atoms with Crippen molar-refractivity contribution in [1.29, 1.82) is 0 Å². The van der Waals surface area contributed by atoms with E-state index in [-0.39, 0.29) is 31.1 Å². The number of hydrogen-bond acceptors (Lipinski definition) is 6. The highest BCUT2D eigenvalue weighted by atomic mass is 16.6. The standard InChI is InChI=1S/C51H98O6/c1-6-7-8-9-10-11-18-23-26-33-38-43-51(54)57-48(45-56-50(53)42-37-32-28-27-30-35-40-47(4)5)44-55-49(52)41-36-31-25-22-20-17-15-13-12-14-16-19-21-24-29-34-39-46(2)3/h46-48H,6-45H2,1-5H3/t48-/m1/s1. The summed E-state index contributed by atoms with van der Waals surface area (Å²) in [4.78, 5) is 37.8. The Morgan fingerprint density at radius 2 is 0.579 bits per heavy atom. The van der Waals surface area contributed by atoms with Crippen LogP contribution in [0.15, 0.2) is 0 Å². The van der Waals surface area contributed by atoms with Gasteiger partial charge in [0.15, 0.2) is 6.10 Å². The molecule has 6 nitrogen and oxygen atoms in total. The highest BCUT2D eigenvalue weighted by Crippen LogP contribution is 2.17. The third kappa shape index (κ3) is 45.3. The largest absolute Gasteiger partial charge is 0.462 e. The molecule has 0 heterocycles. The van der Waals surface area contributed by atoms with Crippen LogP contribution in [-0.2, 0) is 28.6 Å². The van der Waals surface area contributed by atoms with Crippen LogP contribution in [-0.4, -0.2) is 37.2 Å². The number of carbonyl (C=O) groups is 3. The second kappa shape index (κ2) is 44.0. The summed E-state index contributed by atoms with van der Waals surface area (Å²) in [5.41, 5.74) is 0. The van der Waals surface area contributed by atoms with Crippen LogP contribution in [0.2, 0.25) is 0 Å². The molecule has 0 aromatic carbocycles. The van der Waals surface area contributed by atoms with Crippen molar-refractivity contribution in [2.45, 2.75) is 285 Å².